The number of hydrogen-bond acceptors (Lipinski definition) is 7. The van der Waals surface area contributed by atoms with E-state index in [2.05, 4.69) is 15.5 Å². The van der Waals surface area contributed by atoms with E-state index in [-0.39, 0.29) is 18.2 Å². The number of fused-ring (bicyclic) bond motifs is 1. The average Bonchev–Trinajstić information content (AvgIpc) is 3.42. The number of alkyl halides is 3. The van der Waals surface area contributed by atoms with Gasteiger partial charge in [0.05, 0.1) is 16.8 Å². The van der Waals surface area contributed by atoms with Crippen molar-refractivity contribution in [3.05, 3.63) is 70.5 Å². The molecule has 0 bridgehead atoms. The molecule has 13 heteroatoms. The van der Waals surface area contributed by atoms with Crippen molar-refractivity contribution in [1.29, 1.82) is 0 Å². The third kappa shape index (κ3) is 5.63. The Balaban J connectivity index is 1.65. The first-order valence-corrected chi connectivity index (χ1v) is 12.7. The van der Waals surface area contributed by atoms with Gasteiger partial charge in [-0.25, -0.2) is 4.98 Å². The maximum absolute atomic E-state index is 13.0. The number of amides is 1. The van der Waals surface area contributed by atoms with Crippen LogP contribution in [0.3, 0.4) is 0 Å². The molecule has 40 heavy (non-hydrogen) atoms. The van der Waals surface area contributed by atoms with Crippen LogP contribution in [-0.4, -0.2) is 44.1 Å². The highest BCUT2D eigenvalue weighted by Gasteiger charge is 2.45. The number of carbonyl (C=O) groups excluding carboxylic acids is 1. The van der Waals surface area contributed by atoms with Crippen LogP contribution >= 0.6 is 23.2 Å². The summed E-state index contributed by atoms with van der Waals surface area (Å²) in [5.74, 6) is -1.19. The van der Waals surface area contributed by atoms with Crippen molar-refractivity contribution < 1.29 is 32.2 Å². The predicted molar refractivity (Wildman–Crippen MR) is 141 cm³/mol. The normalized spacial score (nSPS) is 17.1. The topological polar surface area (TPSA) is 110 Å². The molecule has 5 rings (SSSR count). The lowest BCUT2D eigenvalue weighted by Crippen LogP contribution is -2.48. The first-order valence-electron chi connectivity index (χ1n) is 11.9. The molecular formula is C27H21Cl2F3N4O4. The van der Waals surface area contributed by atoms with Crippen LogP contribution in [0.2, 0.25) is 10.0 Å². The molecule has 0 saturated heterocycles. The zero-order chi connectivity index (χ0) is 28.8. The molecule has 2 aromatic heterocycles. The molecule has 2 atom stereocenters. The highest BCUT2D eigenvalue weighted by Crippen LogP contribution is 2.45. The highest BCUT2D eigenvalue weighted by molar-refractivity contribution is 6.33. The molecule has 1 aliphatic heterocycles. The summed E-state index contributed by atoms with van der Waals surface area (Å²) in [5, 5.41) is 20.2. The number of benzene rings is 2. The van der Waals surface area contributed by atoms with Crippen LogP contribution in [0.25, 0.3) is 33.8 Å². The van der Waals surface area contributed by atoms with E-state index >= 15 is 0 Å². The molecule has 0 fully saturated rings. The Kier molecular flexibility index (Phi) is 7.24. The van der Waals surface area contributed by atoms with Gasteiger partial charge in [0.2, 0.25) is 24.3 Å². The second kappa shape index (κ2) is 10.4. The second-order valence-corrected chi connectivity index (χ2v) is 10.6. The lowest BCUT2D eigenvalue weighted by Gasteiger charge is -2.38. The smallest absolute Gasteiger partial charge is 0.423 e. The molecule has 0 saturated carbocycles. The van der Waals surface area contributed by atoms with Gasteiger partial charge in [0.1, 0.15) is 5.60 Å². The van der Waals surface area contributed by atoms with Crippen molar-refractivity contribution in [2.24, 2.45) is 0 Å². The van der Waals surface area contributed by atoms with Gasteiger partial charge in [-0.05, 0) is 49.7 Å². The molecule has 2 aromatic carbocycles. The summed E-state index contributed by atoms with van der Waals surface area (Å²) in [4.78, 5) is 17.1. The average molecular weight is 593 g/mol. The highest BCUT2D eigenvalue weighted by atomic mass is 35.5. The van der Waals surface area contributed by atoms with E-state index in [4.69, 9.17) is 37.3 Å². The van der Waals surface area contributed by atoms with E-state index in [1.54, 1.807) is 62.4 Å². The summed E-state index contributed by atoms with van der Waals surface area (Å²) in [6.45, 7) is 3.44. The van der Waals surface area contributed by atoms with Crippen molar-refractivity contribution in [1.82, 2.24) is 20.5 Å². The van der Waals surface area contributed by atoms with Crippen molar-refractivity contribution in [3.63, 3.8) is 0 Å². The van der Waals surface area contributed by atoms with Gasteiger partial charge in [0.15, 0.2) is 0 Å². The first kappa shape index (κ1) is 27.9. The third-order valence-corrected chi connectivity index (χ3v) is 6.89. The van der Waals surface area contributed by atoms with Gasteiger partial charge in [0, 0.05) is 33.7 Å². The zero-order valence-corrected chi connectivity index (χ0v) is 22.5. The van der Waals surface area contributed by atoms with Crippen LogP contribution in [0.4, 0.5) is 13.2 Å². The Bertz CT molecular complexity index is 1560. The molecule has 3 heterocycles. The largest absolute Gasteiger partial charge is 0.471 e. The summed E-state index contributed by atoms with van der Waals surface area (Å²) in [5.41, 5.74) is 2.19. The number of aromatic nitrogens is 3. The number of rotatable bonds is 5. The minimum Gasteiger partial charge on any atom is -0.471 e. The zero-order valence-electron chi connectivity index (χ0n) is 21.0. The molecule has 0 radical (unpaired) electrons. The summed E-state index contributed by atoms with van der Waals surface area (Å²) in [6, 6.07) is 12.7. The van der Waals surface area contributed by atoms with Crippen LogP contribution in [0.15, 0.2) is 59.3 Å². The van der Waals surface area contributed by atoms with Crippen LogP contribution < -0.4 is 10.1 Å². The lowest BCUT2D eigenvalue weighted by molar-refractivity contribution is -0.205. The van der Waals surface area contributed by atoms with E-state index in [1.165, 1.54) is 6.39 Å². The number of halogens is 5. The number of aliphatic hydroxyl groups excluding tert-OH is 1. The van der Waals surface area contributed by atoms with Crippen molar-refractivity contribution >= 4 is 29.1 Å². The van der Waals surface area contributed by atoms with Gasteiger partial charge in [0.25, 0.3) is 5.91 Å². The molecule has 1 amide bonds. The number of ether oxygens (including phenoxy) is 1. The SMILES string of the molecule is CC1(C)C[C@@H](NC(=O)[C@H](O)C(F)(F)F)c2cc(-c3ccc(Cl)cc3)c(-c3ccc(-c4nnco4)cc3Cl)nc2O1. The fourth-order valence-electron chi connectivity index (χ4n) is 4.47. The molecule has 1 aliphatic rings. The predicted octanol–water partition coefficient (Wildman–Crippen LogP) is 6.41. The van der Waals surface area contributed by atoms with Gasteiger partial charge in [-0.15, -0.1) is 10.2 Å². The molecular weight excluding hydrogens is 572 g/mol. The molecule has 8 nitrogen and oxygen atoms in total. The van der Waals surface area contributed by atoms with Crippen molar-refractivity contribution in [3.8, 4) is 39.7 Å². The summed E-state index contributed by atoms with van der Waals surface area (Å²) in [6.07, 6.45) is -6.98. The third-order valence-electron chi connectivity index (χ3n) is 6.32. The van der Waals surface area contributed by atoms with Gasteiger partial charge in [-0.3, -0.25) is 4.79 Å². The summed E-state index contributed by atoms with van der Waals surface area (Å²) in [7, 11) is 0. The van der Waals surface area contributed by atoms with Crippen molar-refractivity contribution in [2.75, 3.05) is 0 Å². The maximum Gasteiger partial charge on any atom is 0.423 e. The van der Waals surface area contributed by atoms with E-state index in [0.29, 0.717) is 43.6 Å². The van der Waals surface area contributed by atoms with E-state index < -0.39 is 29.8 Å². The molecule has 0 aliphatic carbocycles. The second-order valence-electron chi connectivity index (χ2n) is 9.80. The fraction of sp³-hybridized carbons (Fsp3) is 0.259. The van der Waals surface area contributed by atoms with E-state index in [1.807, 2.05) is 0 Å². The number of hydrogen-bond donors (Lipinski definition) is 2. The summed E-state index contributed by atoms with van der Waals surface area (Å²) >= 11 is 12.8. The minimum absolute atomic E-state index is 0.104. The lowest BCUT2D eigenvalue weighted by atomic mass is 9.88. The Labute approximate surface area is 236 Å². The monoisotopic (exact) mass is 592 g/mol. The van der Waals surface area contributed by atoms with Crippen LogP contribution in [0.1, 0.15) is 31.9 Å². The Hall–Kier alpha value is -3.67. The molecule has 0 unspecified atom stereocenters. The summed E-state index contributed by atoms with van der Waals surface area (Å²) < 4.78 is 50.5. The van der Waals surface area contributed by atoms with Gasteiger partial charge in [-0.2, -0.15) is 13.2 Å². The Morgan fingerprint density at radius 1 is 1.10 bits per heavy atom. The molecule has 208 valence electrons. The quantitative estimate of drug-likeness (QED) is 0.275. The Morgan fingerprint density at radius 3 is 2.42 bits per heavy atom. The van der Waals surface area contributed by atoms with Gasteiger partial charge in [-0.1, -0.05) is 41.4 Å². The van der Waals surface area contributed by atoms with Crippen LogP contribution in [0, 0.1) is 0 Å². The van der Waals surface area contributed by atoms with Gasteiger partial charge < -0.3 is 19.6 Å². The standard InChI is InChI=1S/C27H21Cl2F3N4O4/c1-26(2)11-20(34-23(38)22(37)27(30,31)32)18-10-17(13-3-6-15(28)7-4-13)21(35-25(18)40-26)16-8-5-14(9-19(16)29)24-36-33-12-39-24/h3-10,12,20,22,37H,11H2,1-2H3,(H,34,38)/t20-,22+/m1/s1. The van der Waals surface area contributed by atoms with Gasteiger partial charge >= 0.3 is 6.18 Å². The fourth-order valence-corrected chi connectivity index (χ4v) is 4.87. The van der Waals surface area contributed by atoms with E-state index in [0.717, 1.165) is 0 Å². The molecule has 2 N–H and O–H groups in total. The number of aliphatic hydroxyl groups is 1. The van der Waals surface area contributed by atoms with E-state index in [9.17, 15) is 23.1 Å². The van der Waals surface area contributed by atoms with Crippen molar-refractivity contribution in [2.45, 2.75) is 44.2 Å². The Morgan fingerprint density at radius 2 is 1.80 bits per heavy atom. The molecule has 4 aromatic rings. The molecule has 0 spiro atoms. The first-order chi connectivity index (χ1) is 18.8. The number of nitrogens with zero attached hydrogens (tertiary/aromatic N) is 3. The van der Waals surface area contributed by atoms with Crippen LogP contribution in [-0.2, 0) is 4.79 Å². The van der Waals surface area contributed by atoms with Crippen LogP contribution in [0.5, 0.6) is 5.88 Å². The number of nitrogens with one attached hydrogen (secondary N) is 1. The number of pyridine rings is 1. The minimum atomic E-state index is -5.12. The number of carbonyl (C=O) groups is 1. The maximum atomic E-state index is 13.0.